The normalized spacial score (nSPS) is 25.4. The predicted molar refractivity (Wildman–Crippen MR) is 63.9 cm³/mol. The summed E-state index contributed by atoms with van der Waals surface area (Å²) in [4.78, 5) is 2.53. The van der Waals surface area contributed by atoms with Gasteiger partial charge in [-0.1, -0.05) is 20.8 Å². The second-order valence-electron chi connectivity index (χ2n) is 5.62. The molecule has 90 valence electrons. The van der Waals surface area contributed by atoms with Crippen LogP contribution in [-0.2, 0) is 4.74 Å². The predicted octanol–water partition coefficient (Wildman–Crippen LogP) is 1.33. The molecule has 0 aliphatic carbocycles. The van der Waals surface area contributed by atoms with Gasteiger partial charge in [-0.15, -0.1) is 0 Å². The highest BCUT2D eigenvalue weighted by atomic mass is 16.5. The first-order valence-corrected chi connectivity index (χ1v) is 5.93. The molecule has 1 aliphatic rings. The van der Waals surface area contributed by atoms with Crippen molar-refractivity contribution in [1.29, 1.82) is 0 Å². The quantitative estimate of drug-likeness (QED) is 0.750. The van der Waals surface area contributed by atoms with Crippen LogP contribution in [-0.4, -0.2) is 44.3 Å². The lowest BCUT2D eigenvalue weighted by molar-refractivity contribution is 0.0928. The maximum Gasteiger partial charge on any atom is 0.0503 e. The van der Waals surface area contributed by atoms with Crippen LogP contribution in [0.25, 0.3) is 0 Å². The van der Waals surface area contributed by atoms with Gasteiger partial charge >= 0.3 is 0 Å². The molecule has 1 rings (SSSR count). The van der Waals surface area contributed by atoms with E-state index >= 15 is 0 Å². The van der Waals surface area contributed by atoms with E-state index in [0.29, 0.717) is 17.4 Å². The number of likely N-dealkylation sites (tertiary alicyclic amines) is 1. The van der Waals surface area contributed by atoms with Crippen LogP contribution in [0.3, 0.4) is 0 Å². The Morgan fingerprint density at radius 3 is 2.53 bits per heavy atom. The Morgan fingerprint density at radius 2 is 2.13 bits per heavy atom. The summed E-state index contributed by atoms with van der Waals surface area (Å²) in [7, 11) is 1.76. The van der Waals surface area contributed by atoms with E-state index < -0.39 is 0 Å². The van der Waals surface area contributed by atoms with E-state index in [1.54, 1.807) is 7.11 Å². The van der Waals surface area contributed by atoms with Crippen LogP contribution in [0.15, 0.2) is 0 Å². The summed E-state index contributed by atoms with van der Waals surface area (Å²) in [6.45, 7) is 10.8. The van der Waals surface area contributed by atoms with E-state index in [1.807, 2.05) is 0 Å². The van der Waals surface area contributed by atoms with Crippen molar-refractivity contribution in [2.24, 2.45) is 17.1 Å². The van der Waals surface area contributed by atoms with E-state index in [2.05, 4.69) is 25.7 Å². The van der Waals surface area contributed by atoms with Gasteiger partial charge in [-0.3, -0.25) is 4.90 Å². The highest BCUT2D eigenvalue weighted by molar-refractivity contribution is 4.88. The van der Waals surface area contributed by atoms with E-state index in [0.717, 1.165) is 13.2 Å². The second-order valence-corrected chi connectivity index (χ2v) is 5.62. The zero-order chi connectivity index (χ0) is 11.5. The molecule has 1 saturated heterocycles. The summed E-state index contributed by atoms with van der Waals surface area (Å²) >= 11 is 0. The molecule has 2 atom stereocenters. The number of hydrogen-bond acceptors (Lipinski definition) is 3. The molecule has 0 saturated carbocycles. The van der Waals surface area contributed by atoms with E-state index in [4.69, 9.17) is 10.5 Å². The van der Waals surface area contributed by atoms with Crippen molar-refractivity contribution in [3.63, 3.8) is 0 Å². The van der Waals surface area contributed by atoms with Crippen molar-refractivity contribution in [3.05, 3.63) is 0 Å². The molecule has 0 aromatic rings. The second kappa shape index (κ2) is 5.28. The monoisotopic (exact) mass is 214 g/mol. The molecule has 0 aromatic heterocycles. The fourth-order valence-corrected chi connectivity index (χ4v) is 2.55. The molecule has 1 aliphatic heterocycles. The zero-order valence-corrected chi connectivity index (χ0v) is 10.6. The molecule has 2 unspecified atom stereocenters. The molecule has 2 N–H and O–H groups in total. The van der Waals surface area contributed by atoms with Gasteiger partial charge in [-0.05, 0) is 24.3 Å². The molecule has 1 heterocycles. The minimum Gasteiger partial charge on any atom is -0.384 e. The van der Waals surface area contributed by atoms with Crippen molar-refractivity contribution >= 4 is 0 Å². The van der Waals surface area contributed by atoms with Crippen LogP contribution in [0.2, 0.25) is 0 Å². The molecular weight excluding hydrogens is 188 g/mol. The lowest BCUT2D eigenvalue weighted by atomic mass is 9.93. The van der Waals surface area contributed by atoms with Crippen LogP contribution in [0.5, 0.6) is 0 Å². The van der Waals surface area contributed by atoms with Crippen molar-refractivity contribution in [2.75, 3.05) is 33.4 Å². The first-order valence-electron chi connectivity index (χ1n) is 5.93. The molecular formula is C12H26N2O. The van der Waals surface area contributed by atoms with Gasteiger partial charge in [0, 0.05) is 26.2 Å². The lowest BCUT2D eigenvalue weighted by Crippen LogP contribution is -2.45. The summed E-state index contributed by atoms with van der Waals surface area (Å²) in [5.74, 6) is 0.522. The zero-order valence-electron chi connectivity index (χ0n) is 10.6. The van der Waals surface area contributed by atoms with E-state index in [9.17, 15) is 0 Å². The lowest BCUT2D eigenvalue weighted by Gasteiger charge is -2.32. The highest BCUT2D eigenvalue weighted by Crippen LogP contribution is 2.31. The van der Waals surface area contributed by atoms with Gasteiger partial charge in [-0.2, -0.15) is 0 Å². The fraction of sp³-hybridized carbons (Fsp3) is 1.00. The standard InChI is InChI=1S/C12H26N2O/c1-10(8-15-4)11(7-13)14-6-5-12(2,3)9-14/h10-11H,5-9,13H2,1-4H3. The summed E-state index contributed by atoms with van der Waals surface area (Å²) in [5, 5.41) is 0. The first kappa shape index (κ1) is 12.9. The average Bonchev–Trinajstić information content (AvgIpc) is 2.48. The van der Waals surface area contributed by atoms with E-state index in [1.165, 1.54) is 19.5 Å². The molecule has 0 aromatic carbocycles. The van der Waals surface area contributed by atoms with Gasteiger partial charge < -0.3 is 10.5 Å². The van der Waals surface area contributed by atoms with Gasteiger partial charge in [0.1, 0.15) is 0 Å². The molecule has 3 heteroatoms. The summed E-state index contributed by atoms with van der Waals surface area (Å²) in [5.41, 5.74) is 6.33. The van der Waals surface area contributed by atoms with E-state index in [-0.39, 0.29) is 0 Å². The van der Waals surface area contributed by atoms with Crippen molar-refractivity contribution in [1.82, 2.24) is 4.90 Å². The van der Waals surface area contributed by atoms with Gasteiger partial charge in [0.05, 0.1) is 6.61 Å². The Balaban J connectivity index is 2.52. The molecule has 0 spiro atoms. The van der Waals surface area contributed by atoms with Gasteiger partial charge in [0.2, 0.25) is 0 Å². The molecule has 1 fully saturated rings. The number of methoxy groups -OCH3 is 1. The average molecular weight is 214 g/mol. The Labute approximate surface area is 94.0 Å². The van der Waals surface area contributed by atoms with Crippen LogP contribution in [0.1, 0.15) is 27.2 Å². The minimum absolute atomic E-state index is 0.459. The van der Waals surface area contributed by atoms with Crippen LogP contribution in [0.4, 0.5) is 0 Å². The largest absolute Gasteiger partial charge is 0.384 e. The molecule has 3 nitrogen and oxygen atoms in total. The molecule has 15 heavy (non-hydrogen) atoms. The Bertz CT molecular complexity index is 194. The fourth-order valence-electron chi connectivity index (χ4n) is 2.55. The van der Waals surface area contributed by atoms with Gasteiger partial charge in [-0.25, -0.2) is 0 Å². The maximum atomic E-state index is 5.88. The Morgan fingerprint density at radius 1 is 1.47 bits per heavy atom. The molecule has 0 radical (unpaired) electrons. The Kier molecular flexibility index (Phi) is 4.56. The third kappa shape index (κ3) is 3.44. The molecule has 0 amide bonds. The van der Waals surface area contributed by atoms with Crippen LogP contribution < -0.4 is 5.73 Å². The topological polar surface area (TPSA) is 38.5 Å². The summed E-state index contributed by atoms with van der Waals surface area (Å²) in [6, 6.07) is 0.478. The first-order chi connectivity index (χ1) is 7.00. The SMILES string of the molecule is COCC(C)C(CN)N1CCC(C)(C)C1. The minimum atomic E-state index is 0.459. The van der Waals surface area contributed by atoms with Crippen LogP contribution >= 0.6 is 0 Å². The smallest absolute Gasteiger partial charge is 0.0503 e. The third-order valence-corrected chi connectivity index (χ3v) is 3.50. The number of nitrogens with two attached hydrogens (primary N) is 1. The number of nitrogens with zero attached hydrogens (tertiary/aromatic N) is 1. The summed E-state index contributed by atoms with van der Waals surface area (Å²) in [6.07, 6.45) is 1.28. The third-order valence-electron chi connectivity index (χ3n) is 3.50. The van der Waals surface area contributed by atoms with Gasteiger partial charge in [0.25, 0.3) is 0 Å². The van der Waals surface area contributed by atoms with Crippen molar-refractivity contribution in [2.45, 2.75) is 33.2 Å². The van der Waals surface area contributed by atoms with Gasteiger partial charge in [0.15, 0.2) is 0 Å². The number of ether oxygens (including phenoxy) is 1. The number of hydrogen-bond donors (Lipinski definition) is 1. The highest BCUT2D eigenvalue weighted by Gasteiger charge is 2.34. The number of rotatable bonds is 5. The van der Waals surface area contributed by atoms with Crippen molar-refractivity contribution in [3.8, 4) is 0 Å². The summed E-state index contributed by atoms with van der Waals surface area (Å²) < 4.78 is 5.22. The molecule has 0 bridgehead atoms. The Hall–Kier alpha value is -0.120. The van der Waals surface area contributed by atoms with Crippen molar-refractivity contribution < 1.29 is 4.74 Å². The van der Waals surface area contributed by atoms with Crippen LogP contribution in [0, 0.1) is 11.3 Å². The maximum absolute atomic E-state index is 5.88.